The van der Waals surface area contributed by atoms with E-state index in [1.54, 1.807) is 0 Å². The number of halogens is 1. The van der Waals surface area contributed by atoms with Crippen LogP contribution in [0.3, 0.4) is 0 Å². The van der Waals surface area contributed by atoms with Crippen LogP contribution >= 0.6 is 11.6 Å². The van der Waals surface area contributed by atoms with Gasteiger partial charge in [-0.05, 0) is 18.9 Å². The maximum Gasteiger partial charge on any atom is 0.0379 e. The molecule has 0 fully saturated rings. The van der Waals surface area contributed by atoms with Crippen LogP contribution in [0.25, 0.3) is 0 Å². The molecule has 0 spiro atoms. The molecule has 0 aliphatic heterocycles. The molecule has 15 heavy (non-hydrogen) atoms. The standard InChI is InChI=1S/C13H28ClN/c1-4-5-6-7-8-9-10-15-13(11-14)12(2)3/h12-13,15H,4-11H2,1-3H3. The molecule has 0 aliphatic rings. The Kier molecular flexibility index (Phi) is 10.9. The highest BCUT2D eigenvalue weighted by Crippen LogP contribution is 2.06. The summed E-state index contributed by atoms with van der Waals surface area (Å²) in [5, 5.41) is 3.53. The highest BCUT2D eigenvalue weighted by atomic mass is 35.5. The summed E-state index contributed by atoms with van der Waals surface area (Å²) in [6.07, 6.45) is 8.18. The van der Waals surface area contributed by atoms with Crippen molar-refractivity contribution in [3.63, 3.8) is 0 Å². The molecule has 0 saturated carbocycles. The molecule has 1 unspecified atom stereocenters. The van der Waals surface area contributed by atoms with Gasteiger partial charge in [0, 0.05) is 11.9 Å². The Labute approximate surface area is 101 Å². The lowest BCUT2D eigenvalue weighted by atomic mass is 10.1. The Morgan fingerprint density at radius 3 is 2.13 bits per heavy atom. The van der Waals surface area contributed by atoms with Crippen molar-refractivity contribution in [1.29, 1.82) is 0 Å². The van der Waals surface area contributed by atoms with Gasteiger partial charge in [-0.25, -0.2) is 0 Å². The van der Waals surface area contributed by atoms with Crippen LogP contribution in [-0.2, 0) is 0 Å². The fraction of sp³-hybridized carbons (Fsp3) is 1.00. The Balaban J connectivity index is 3.22. The van der Waals surface area contributed by atoms with Crippen LogP contribution in [0.2, 0.25) is 0 Å². The average Bonchev–Trinajstić information content (AvgIpc) is 2.21. The predicted octanol–water partition coefficient (Wildman–Crippen LogP) is 4.20. The van der Waals surface area contributed by atoms with Gasteiger partial charge in [0.25, 0.3) is 0 Å². The molecule has 1 nitrogen and oxygen atoms in total. The van der Waals surface area contributed by atoms with Crippen LogP contribution in [-0.4, -0.2) is 18.5 Å². The van der Waals surface area contributed by atoms with Crippen LogP contribution in [0.15, 0.2) is 0 Å². The largest absolute Gasteiger partial charge is 0.313 e. The number of unbranched alkanes of at least 4 members (excludes halogenated alkanes) is 5. The molecule has 1 N–H and O–H groups in total. The lowest BCUT2D eigenvalue weighted by molar-refractivity contribution is 0.423. The summed E-state index contributed by atoms with van der Waals surface area (Å²) in [5.41, 5.74) is 0. The van der Waals surface area contributed by atoms with E-state index in [4.69, 9.17) is 11.6 Å². The lowest BCUT2D eigenvalue weighted by Gasteiger charge is -2.19. The average molecular weight is 234 g/mol. The molecule has 0 aliphatic carbocycles. The molecule has 0 amide bonds. The van der Waals surface area contributed by atoms with Gasteiger partial charge in [0.05, 0.1) is 0 Å². The molecule has 0 heterocycles. The summed E-state index contributed by atoms with van der Waals surface area (Å²) in [5.74, 6) is 1.37. The fourth-order valence-electron chi connectivity index (χ4n) is 1.66. The van der Waals surface area contributed by atoms with Gasteiger partial charge in [-0.15, -0.1) is 11.6 Å². The van der Waals surface area contributed by atoms with E-state index in [0.29, 0.717) is 12.0 Å². The Morgan fingerprint density at radius 2 is 1.60 bits per heavy atom. The van der Waals surface area contributed by atoms with Crippen molar-refractivity contribution in [1.82, 2.24) is 5.32 Å². The van der Waals surface area contributed by atoms with Crippen molar-refractivity contribution >= 4 is 11.6 Å². The molecule has 0 aromatic carbocycles. The van der Waals surface area contributed by atoms with E-state index in [1.165, 1.54) is 38.5 Å². The highest BCUT2D eigenvalue weighted by Gasteiger charge is 2.09. The number of hydrogen-bond acceptors (Lipinski definition) is 1. The van der Waals surface area contributed by atoms with Crippen molar-refractivity contribution in [2.45, 2.75) is 65.3 Å². The maximum atomic E-state index is 5.88. The first-order valence-electron chi connectivity index (χ1n) is 6.51. The van der Waals surface area contributed by atoms with Crippen molar-refractivity contribution in [2.75, 3.05) is 12.4 Å². The maximum absolute atomic E-state index is 5.88. The van der Waals surface area contributed by atoms with E-state index in [2.05, 4.69) is 26.1 Å². The smallest absolute Gasteiger partial charge is 0.0379 e. The minimum Gasteiger partial charge on any atom is -0.313 e. The van der Waals surface area contributed by atoms with E-state index in [0.717, 1.165) is 12.4 Å². The first-order chi connectivity index (χ1) is 7.22. The first-order valence-corrected chi connectivity index (χ1v) is 7.05. The van der Waals surface area contributed by atoms with Crippen molar-refractivity contribution in [3.8, 4) is 0 Å². The first kappa shape index (κ1) is 15.2. The van der Waals surface area contributed by atoms with Gasteiger partial charge < -0.3 is 5.32 Å². The minimum absolute atomic E-state index is 0.488. The zero-order valence-electron chi connectivity index (χ0n) is 10.7. The molecule has 0 saturated heterocycles. The molecule has 0 aromatic rings. The van der Waals surface area contributed by atoms with Crippen LogP contribution in [0.4, 0.5) is 0 Å². The fourth-order valence-corrected chi connectivity index (χ4v) is 2.13. The quantitative estimate of drug-likeness (QED) is 0.441. The third kappa shape index (κ3) is 9.19. The molecule has 0 bridgehead atoms. The van der Waals surface area contributed by atoms with Gasteiger partial charge in [0.15, 0.2) is 0 Å². The Morgan fingerprint density at radius 1 is 1.00 bits per heavy atom. The summed E-state index contributed by atoms with van der Waals surface area (Å²) in [4.78, 5) is 0. The zero-order chi connectivity index (χ0) is 11.5. The summed E-state index contributed by atoms with van der Waals surface area (Å²) >= 11 is 5.88. The van der Waals surface area contributed by atoms with Crippen LogP contribution in [0.5, 0.6) is 0 Å². The number of hydrogen-bond donors (Lipinski definition) is 1. The van der Waals surface area contributed by atoms with E-state index in [9.17, 15) is 0 Å². The molecule has 0 rings (SSSR count). The highest BCUT2D eigenvalue weighted by molar-refractivity contribution is 6.18. The van der Waals surface area contributed by atoms with E-state index < -0.39 is 0 Å². The van der Waals surface area contributed by atoms with E-state index >= 15 is 0 Å². The van der Waals surface area contributed by atoms with Crippen LogP contribution in [0, 0.1) is 5.92 Å². The van der Waals surface area contributed by atoms with Crippen LogP contribution in [0.1, 0.15) is 59.3 Å². The second-order valence-corrected chi connectivity index (χ2v) is 5.04. The van der Waals surface area contributed by atoms with Gasteiger partial charge in [-0.1, -0.05) is 52.9 Å². The zero-order valence-corrected chi connectivity index (χ0v) is 11.4. The molecule has 0 aromatic heterocycles. The molecular formula is C13H28ClN. The second-order valence-electron chi connectivity index (χ2n) is 4.73. The second kappa shape index (κ2) is 10.8. The Bertz CT molecular complexity index is 126. The minimum atomic E-state index is 0.488. The molecule has 0 radical (unpaired) electrons. The van der Waals surface area contributed by atoms with Crippen molar-refractivity contribution in [3.05, 3.63) is 0 Å². The predicted molar refractivity (Wildman–Crippen MR) is 70.7 cm³/mol. The summed E-state index contributed by atoms with van der Waals surface area (Å²) in [6, 6.07) is 0.488. The van der Waals surface area contributed by atoms with Gasteiger partial charge in [0.1, 0.15) is 0 Å². The summed E-state index contributed by atoms with van der Waals surface area (Å²) in [6.45, 7) is 7.83. The third-order valence-corrected chi connectivity index (χ3v) is 3.24. The molecule has 92 valence electrons. The molecule has 2 heteroatoms. The van der Waals surface area contributed by atoms with E-state index in [-0.39, 0.29) is 0 Å². The third-order valence-electron chi connectivity index (χ3n) is 2.91. The van der Waals surface area contributed by atoms with Gasteiger partial charge in [-0.2, -0.15) is 0 Å². The topological polar surface area (TPSA) is 12.0 Å². The summed E-state index contributed by atoms with van der Waals surface area (Å²) in [7, 11) is 0. The number of rotatable bonds is 10. The SMILES string of the molecule is CCCCCCCCNC(CCl)C(C)C. The van der Waals surface area contributed by atoms with Gasteiger partial charge >= 0.3 is 0 Å². The number of nitrogens with one attached hydrogen (secondary N) is 1. The van der Waals surface area contributed by atoms with E-state index in [1.807, 2.05) is 0 Å². The number of alkyl halides is 1. The van der Waals surface area contributed by atoms with Crippen molar-refractivity contribution in [2.24, 2.45) is 5.92 Å². The van der Waals surface area contributed by atoms with Gasteiger partial charge in [-0.3, -0.25) is 0 Å². The normalized spacial score (nSPS) is 13.4. The van der Waals surface area contributed by atoms with Crippen LogP contribution < -0.4 is 5.32 Å². The summed E-state index contributed by atoms with van der Waals surface area (Å²) < 4.78 is 0. The monoisotopic (exact) mass is 233 g/mol. The van der Waals surface area contributed by atoms with Gasteiger partial charge in [0.2, 0.25) is 0 Å². The molecule has 1 atom stereocenters. The lowest BCUT2D eigenvalue weighted by Crippen LogP contribution is -2.36. The van der Waals surface area contributed by atoms with Crippen molar-refractivity contribution < 1.29 is 0 Å². The Hall–Kier alpha value is 0.250. The molecular weight excluding hydrogens is 206 g/mol.